The summed E-state index contributed by atoms with van der Waals surface area (Å²) in [5, 5.41) is 0. The Balaban J connectivity index is 3.13. The Morgan fingerprint density at radius 2 is 1.85 bits per heavy atom. The predicted octanol–water partition coefficient (Wildman–Crippen LogP) is 1.67. The van der Waals surface area contributed by atoms with Gasteiger partial charge in [-0.15, -0.1) is 0 Å². The molecule has 0 N–H and O–H groups in total. The third-order valence-electron chi connectivity index (χ3n) is 3.10. The lowest BCUT2D eigenvalue weighted by atomic mass is 10.2. The van der Waals surface area contributed by atoms with Gasteiger partial charge in [0.15, 0.2) is 0 Å². The molecule has 0 bridgehead atoms. The summed E-state index contributed by atoms with van der Waals surface area (Å²) in [6, 6.07) is 6.73. The summed E-state index contributed by atoms with van der Waals surface area (Å²) in [7, 11) is -0.436. The molecule has 0 radical (unpaired) electrons. The molecule has 1 aromatic carbocycles. The normalized spacial score (nSPS) is 13.7. The molecule has 1 aromatic rings. The van der Waals surface area contributed by atoms with Crippen LogP contribution in [0.4, 0.5) is 0 Å². The van der Waals surface area contributed by atoms with E-state index in [9.17, 15) is 8.42 Å². The molecule has 0 heterocycles. The molecule has 6 heteroatoms. The summed E-state index contributed by atoms with van der Waals surface area (Å²) >= 11 is 0. The number of aryl methyl sites for hydroxylation is 1. The molecule has 5 nitrogen and oxygen atoms in total. The molecule has 0 amide bonds. The molecule has 114 valence electrons. The number of ether oxygens (including phenoxy) is 2. The number of sulfonamides is 1. The van der Waals surface area contributed by atoms with Crippen LogP contribution in [-0.2, 0) is 19.5 Å². The SMILES string of the molecule is COCCN(C(C)COC)S(=O)(=O)c1ccccc1C. The van der Waals surface area contributed by atoms with Crippen molar-refractivity contribution in [3.63, 3.8) is 0 Å². The van der Waals surface area contributed by atoms with Crippen molar-refractivity contribution in [3.05, 3.63) is 29.8 Å². The molecule has 0 saturated carbocycles. The first-order chi connectivity index (χ1) is 9.45. The maximum Gasteiger partial charge on any atom is 0.243 e. The Hall–Kier alpha value is -0.950. The van der Waals surface area contributed by atoms with Gasteiger partial charge in [0, 0.05) is 26.8 Å². The van der Waals surface area contributed by atoms with Crippen LogP contribution in [0.25, 0.3) is 0 Å². The van der Waals surface area contributed by atoms with E-state index in [4.69, 9.17) is 9.47 Å². The minimum Gasteiger partial charge on any atom is -0.383 e. The number of benzene rings is 1. The highest BCUT2D eigenvalue weighted by Gasteiger charge is 2.29. The van der Waals surface area contributed by atoms with Crippen molar-refractivity contribution < 1.29 is 17.9 Å². The van der Waals surface area contributed by atoms with Crippen LogP contribution < -0.4 is 0 Å². The predicted molar refractivity (Wildman–Crippen MR) is 78.3 cm³/mol. The van der Waals surface area contributed by atoms with Gasteiger partial charge in [0.25, 0.3) is 0 Å². The van der Waals surface area contributed by atoms with Crippen LogP contribution in [0, 0.1) is 6.92 Å². The van der Waals surface area contributed by atoms with Crippen LogP contribution in [0.5, 0.6) is 0 Å². The van der Waals surface area contributed by atoms with Gasteiger partial charge in [-0.25, -0.2) is 8.42 Å². The van der Waals surface area contributed by atoms with Crippen molar-refractivity contribution in [3.8, 4) is 0 Å². The Labute approximate surface area is 121 Å². The highest BCUT2D eigenvalue weighted by molar-refractivity contribution is 7.89. The second-order valence-electron chi connectivity index (χ2n) is 4.68. The van der Waals surface area contributed by atoms with Gasteiger partial charge in [-0.2, -0.15) is 4.31 Å². The number of methoxy groups -OCH3 is 2. The standard InChI is InChI=1S/C14H23NO4S/c1-12-7-5-6-8-14(12)20(16,17)15(9-10-18-3)13(2)11-19-4/h5-8,13H,9-11H2,1-4H3. The maximum atomic E-state index is 12.8. The first-order valence-corrected chi connectivity index (χ1v) is 7.94. The van der Waals surface area contributed by atoms with Gasteiger partial charge in [-0.3, -0.25) is 0 Å². The molecule has 0 fully saturated rings. The van der Waals surface area contributed by atoms with Crippen LogP contribution >= 0.6 is 0 Å². The Bertz CT molecular complexity index is 516. The van der Waals surface area contributed by atoms with Gasteiger partial charge in [0.05, 0.1) is 18.1 Å². The zero-order chi connectivity index (χ0) is 15.2. The van der Waals surface area contributed by atoms with Crippen LogP contribution in [0.2, 0.25) is 0 Å². The number of hydrogen-bond acceptors (Lipinski definition) is 4. The largest absolute Gasteiger partial charge is 0.383 e. The van der Waals surface area contributed by atoms with Gasteiger partial charge < -0.3 is 9.47 Å². The molecule has 0 aliphatic heterocycles. The van der Waals surface area contributed by atoms with Crippen LogP contribution in [-0.4, -0.2) is 52.7 Å². The Kier molecular flexibility index (Phi) is 6.61. The summed E-state index contributed by atoms with van der Waals surface area (Å²) in [6.07, 6.45) is 0. The zero-order valence-electron chi connectivity index (χ0n) is 12.5. The van der Waals surface area contributed by atoms with E-state index in [0.717, 1.165) is 5.56 Å². The molecule has 1 unspecified atom stereocenters. The summed E-state index contributed by atoms with van der Waals surface area (Å²) in [5.41, 5.74) is 0.736. The summed E-state index contributed by atoms with van der Waals surface area (Å²) in [6.45, 7) is 4.61. The molecule has 0 aliphatic carbocycles. The molecule has 0 aromatic heterocycles. The molecule has 0 spiro atoms. The lowest BCUT2D eigenvalue weighted by Gasteiger charge is -2.28. The highest BCUT2D eigenvalue weighted by Crippen LogP contribution is 2.21. The van der Waals surface area contributed by atoms with Crippen molar-refractivity contribution in [2.24, 2.45) is 0 Å². The summed E-state index contributed by atoms with van der Waals surface area (Å²) in [4.78, 5) is 0.332. The third kappa shape index (κ3) is 4.02. The average Bonchev–Trinajstić information content (AvgIpc) is 2.39. The lowest BCUT2D eigenvalue weighted by Crippen LogP contribution is -2.43. The Morgan fingerprint density at radius 3 is 2.40 bits per heavy atom. The van der Waals surface area contributed by atoms with Gasteiger partial charge >= 0.3 is 0 Å². The minimum atomic E-state index is -3.55. The number of rotatable bonds is 8. The first kappa shape index (κ1) is 17.1. The van der Waals surface area contributed by atoms with E-state index in [0.29, 0.717) is 24.7 Å². The van der Waals surface area contributed by atoms with Crippen molar-refractivity contribution >= 4 is 10.0 Å². The van der Waals surface area contributed by atoms with Crippen molar-refractivity contribution in [2.75, 3.05) is 34.0 Å². The van der Waals surface area contributed by atoms with Gasteiger partial charge in [-0.05, 0) is 25.5 Å². The minimum absolute atomic E-state index is 0.250. The molecule has 0 aliphatic rings. The van der Waals surface area contributed by atoms with E-state index in [1.54, 1.807) is 39.3 Å². The maximum absolute atomic E-state index is 12.8. The number of hydrogen-bond donors (Lipinski definition) is 0. The van der Waals surface area contributed by atoms with E-state index in [1.807, 2.05) is 13.0 Å². The molecular weight excluding hydrogens is 278 g/mol. The highest BCUT2D eigenvalue weighted by atomic mass is 32.2. The summed E-state index contributed by atoms with van der Waals surface area (Å²) < 4.78 is 37.1. The van der Waals surface area contributed by atoms with Crippen molar-refractivity contribution in [2.45, 2.75) is 24.8 Å². The van der Waals surface area contributed by atoms with Crippen LogP contribution in [0.15, 0.2) is 29.2 Å². The monoisotopic (exact) mass is 301 g/mol. The molecule has 1 atom stereocenters. The topological polar surface area (TPSA) is 55.8 Å². The van der Waals surface area contributed by atoms with Gasteiger partial charge in [-0.1, -0.05) is 18.2 Å². The van der Waals surface area contributed by atoms with E-state index in [2.05, 4.69) is 0 Å². The number of nitrogens with zero attached hydrogens (tertiary/aromatic N) is 1. The fraction of sp³-hybridized carbons (Fsp3) is 0.571. The Morgan fingerprint density at radius 1 is 1.20 bits per heavy atom. The smallest absolute Gasteiger partial charge is 0.243 e. The molecule has 20 heavy (non-hydrogen) atoms. The van der Waals surface area contributed by atoms with Crippen molar-refractivity contribution in [1.29, 1.82) is 0 Å². The molecule has 0 saturated heterocycles. The van der Waals surface area contributed by atoms with Crippen LogP contribution in [0.1, 0.15) is 12.5 Å². The zero-order valence-corrected chi connectivity index (χ0v) is 13.3. The fourth-order valence-electron chi connectivity index (χ4n) is 2.06. The lowest BCUT2D eigenvalue weighted by molar-refractivity contribution is 0.119. The second-order valence-corrected chi connectivity index (χ2v) is 6.54. The molecular formula is C14H23NO4S. The van der Waals surface area contributed by atoms with E-state index >= 15 is 0 Å². The molecule has 1 rings (SSSR count). The van der Waals surface area contributed by atoms with E-state index in [1.165, 1.54) is 4.31 Å². The first-order valence-electron chi connectivity index (χ1n) is 6.50. The third-order valence-corrected chi connectivity index (χ3v) is 5.27. The van der Waals surface area contributed by atoms with Gasteiger partial charge in [0.1, 0.15) is 0 Å². The quantitative estimate of drug-likeness (QED) is 0.733. The van der Waals surface area contributed by atoms with Crippen LogP contribution in [0.3, 0.4) is 0 Å². The van der Waals surface area contributed by atoms with Gasteiger partial charge in [0.2, 0.25) is 10.0 Å². The summed E-state index contributed by atoms with van der Waals surface area (Å²) in [5.74, 6) is 0. The van der Waals surface area contributed by atoms with Crippen molar-refractivity contribution in [1.82, 2.24) is 4.31 Å². The van der Waals surface area contributed by atoms with E-state index in [-0.39, 0.29) is 6.04 Å². The fourth-order valence-corrected chi connectivity index (χ4v) is 3.88. The second kappa shape index (κ2) is 7.73. The average molecular weight is 301 g/mol. The van der Waals surface area contributed by atoms with E-state index < -0.39 is 10.0 Å².